The molecular weight excluding hydrogens is 108 g/mol. The predicted octanol–water partition coefficient (Wildman–Crippen LogP) is 0.165. The van der Waals surface area contributed by atoms with E-state index in [1.807, 2.05) is 0 Å². The zero-order valence-electron chi connectivity index (χ0n) is 2.25. The summed E-state index contributed by atoms with van der Waals surface area (Å²) in [6, 6.07) is 0. The molecule has 0 saturated heterocycles. The van der Waals surface area contributed by atoms with Crippen molar-refractivity contribution >= 4 is 28.0 Å². The van der Waals surface area contributed by atoms with E-state index in [2.05, 4.69) is 12.2 Å². The lowest BCUT2D eigenvalue weighted by molar-refractivity contribution is 0.578. The lowest BCUT2D eigenvalue weighted by Gasteiger charge is -1.63. The third-order valence-corrected chi connectivity index (χ3v) is 0.741. The normalized spacial score (nSPS) is 13.8. The van der Waals surface area contributed by atoms with Crippen LogP contribution in [0.2, 0.25) is 0 Å². The summed E-state index contributed by atoms with van der Waals surface area (Å²) in [6.45, 7) is 0. The van der Waals surface area contributed by atoms with E-state index in [1.54, 1.807) is 0 Å². The maximum Gasteiger partial charge on any atom is 0.190 e. The second-order valence-electron chi connectivity index (χ2n) is 0.372. The predicted molar refractivity (Wildman–Crippen MR) is 24.4 cm³/mol. The maximum atomic E-state index is 9.32. The van der Waals surface area contributed by atoms with E-state index < -0.39 is 11.1 Å². The Morgan fingerprint density at radius 1 is 2.00 bits per heavy atom. The average Bonchev–Trinajstić information content (AvgIpc) is 1.38. The zero-order valence-corrected chi connectivity index (χ0v) is 3.88. The molecule has 5 heavy (non-hydrogen) atoms. The van der Waals surface area contributed by atoms with E-state index in [-0.39, 0.29) is 0 Å². The largest absolute Gasteiger partial charge is 0.302 e. The number of hydrogen-bond donors (Lipinski definition) is 1. The Morgan fingerprint density at radius 3 is 2.20 bits per heavy atom. The van der Waals surface area contributed by atoms with E-state index in [4.69, 9.17) is 4.55 Å². The van der Waals surface area contributed by atoms with Gasteiger partial charge >= 0.3 is 0 Å². The zero-order chi connectivity index (χ0) is 4.28. The van der Waals surface area contributed by atoms with Crippen molar-refractivity contribution in [3.05, 3.63) is 0 Å². The molecule has 1 atom stereocenters. The van der Waals surface area contributed by atoms with Gasteiger partial charge in [0.2, 0.25) is 0 Å². The van der Waals surface area contributed by atoms with Crippen molar-refractivity contribution in [2.75, 3.05) is 0 Å². The first-order valence-electron chi connectivity index (χ1n) is 0.821. The van der Waals surface area contributed by atoms with Crippen LogP contribution in [0.15, 0.2) is 0 Å². The monoisotopic (exact) mass is 110 g/mol. The third-order valence-electron chi connectivity index (χ3n) is 0.0823. The second kappa shape index (κ2) is 2.44. The van der Waals surface area contributed by atoms with Gasteiger partial charge in [-0.25, -0.2) is 4.21 Å². The molecule has 0 aromatic rings. The summed E-state index contributed by atoms with van der Waals surface area (Å²) in [6.07, 6.45) is 0. The van der Waals surface area contributed by atoms with E-state index in [9.17, 15) is 4.21 Å². The van der Waals surface area contributed by atoms with Gasteiger partial charge in [-0.2, -0.15) is 0 Å². The number of rotatable bonds is 1. The van der Waals surface area contributed by atoms with Crippen molar-refractivity contribution < 1.29 is 8.76 Å². The number of thiocarbonyl (C=S) groups is 1. The summed E-state index contributed by atoms with van der Waals surface area (Å²) >= 11 is 2.12. The molecule has 0 radical (unpaired) electrons. The van der Waals surface area contributed by atoms with Gasteiger partial charge in [0, 0.05) is 0 Å². The summed E-state index contributed by atoms with van der Waals surface area (Å²) in [5, 5.41) is 0. The van der Waals surface area contributed by atoms with Crippen molar-refractivity contribution in [3.8, 4) is 0 Å². The molecule has 0 aliphatic rings. The fourth-order valence-electron chi connectivity index (χ4n) is 0. The van der Waals surface area contributed by atoms with Crippen molar-refractivity contribution in [1.29, 1.82) is 0 Å². The highest BCUT2D eigenvalue weighted by molar-refractivity contribution is 8.07. The molecule has 0 heterocycles. The Balaban J connectivity index is 3.20. The Hall–Kier alpha value is 0.200. The minimum atomic E-state index is -1.88. The molecule has 0 aromatic carbocycles. The van der Waals surface area contributed by atoms with E-state index in [0.717, 1.165) is 4.70 Å². The van der Waals surface area contributed by atoms with Crippen LogP contribution in [0.4, 0.5) is 0 Å². The summed E-state index contributed by atoms with van der Waals surface area (Å²) in [4.78, 5) is 0. The van der Waals surface area contributed by atoms with Crippen LogP contribution >= 0.6 is 12.2 Å². The first-order chi connectivity index (χ1) is 2.27. The SMILES string of the molecule is O=S(O)C=S. The molecule has 0 spiro atoms. The van der Waals surface area contributed by atoms with Crippen LogP contribution in [0.5, 0.6) is 0 Å². The van der Waals surface area contributed by atoms with Crippen LogP contribution in [-0.4, -0.2) is 13.5 Å². The smallest absolute Gasteiger partial charge is 0.190 e. The molecule has 4 heteroatoms. The highest BCUT2D eigenvalue weighted by Gasteiger charge is 1.70. The fourth-order valence-corrected chi connectivity index (χ4v) is 0. The Morgan fingerprint density at radius 2 is 2.20 bits per heavy atom. The first kappa shape index (κ1) is 5.20. The van der Waals surface area contributed by atoms with Crippen molar-refractivity contribution in [2.24, 2.45) is 0 Å². The van der Waals surface area contributed by atoms with Crippen molar-refractivity contribution in [1.82, 2.24) is 0 Å². The topological polar surface area (TPSA) is 37.3 Å². The molecule has 1 N–H and O–H groups in total. The summed E-state index contributed by atoms with van der Waals surface area (Å²) in [5.74, 6) is 0. The molecule has 2 nitrogen and oxygen atoms in total. The molecule has 30 valence electrons. The van der Waals surface area contributed by atoms with Crippen molar-refractivity contribution in [2.45, 2.75) is 0 Å². The van der Waals surface area contributed by atoms with Gasteiger partial charge in [-0.15, -0.1) is 0 Å². The van der Waals surface area contributed by atoms with Gasteiger partial charge in [0.25, 0.3) is 0 Å². The van der Waals surface area contributed by atoms with Crippen LogP contribution in [0.1, 0.15) is 0 Å². The van der Waals surface area contributed by atoms with Gasteiger partial charge in [-0.05, 0) is 0 Å². The average molecular weight is 110 g/mol. The highest BCUT2D eigenvalue weighted by Crippen LogP contribution is 1.57. The Kier molecular flexibility index (Phi) is 2.54. The second-order valence-corrected chi connectivity index (χ2v) is 1.69. The van der Waals surface area contributed by atoms with Crippen LogP contribution in [-0.2, 0) is 11.1 Å². The first-order valence-corrected chi connectivity index (χ1v) is 2.46. The van der Waals surface area contributed by atoms with Gasteiger partial charge in [-0.3, -0.25) is 0 Å². The summed E-state index contributed by atoms with van der Waals surface area (Å²) in [7, 11) is 0. The minimum absolute atomic E-state index is 0.778. The van der Waals surface area contributed by atoms with E-state index in [0.29, 0.717) is 0 Å². The van der Waals surface area contributed by atoms with Gasteiger partial charge in [0.05, 0.1) is 4.70 Å². The van der Waals surface area contributed by atoms with Crippen molar-refractivity contribution in [3.63, 3.8) is 0 Å². The quantitative estimate of drug-likeness (QED) is 0.386. The van der Waals surface area contributed by atoms with Gasteiger partial charge in [-0.1, -0.05) is 12.2 Å². The number of hydrogen-bond acceptors (Lipinski definition) is 2. The molecule has 0 rings (SSSR count). The third kappa shape index (κ3) is 4.20. The summed E-state index contributed by atoms with van der Waals surface area (Å²) < 4.78 is 17.8. The highest BCUT2D eigenvalue weighted by atomic mass is 32.2. The Bertz CT molecular complexity index is 58.7. The molecule has 0 saturated carbocycles. The van der Waals surface area contributed by atoms with Crippen LogP contribution < -0.4 is 0 Å². The molecule has 0 aromatic heterocycles. The van der Waals surface area contributed by atoms with Gasteiger partial charge < -0.3 is 4.55 Å². The molecule has 0 bridgehead atoms. The molecule has 1 unspecified atom stereocenters. The fraction of sp³-hybridized carbons (Fsp3) is 0. The van der Waals surface area contributed by atoms with E-state index in [1.165, 1.54) is 0 Å². The van der Waals surface area contributed by atoms with Gasteiger partial charge in [0.15, 0.2) is 11.1 Å². The van der Waals surface area contributed by atoms with Gasteiger partial charge in [0.1, 0.15) is 0 Å². The molecule has 0 amide bonds. The summed E-state index contributed by atoms with van der Waals surface area (Å²) in [5.41, 5.74) is 0. The van der Waals surface area contributed by atoms with Crippen LogP contribution in [0.3, 0.4) is 0 Å². The lowest BCUT2D eigenvalue weighted by Crippen LogP contribution is -1.78. The van der Waals surface area contributed by atoms with E-state index >= 15 is 0 Å². The standard InChI is InChI=1S/CH2O2S2/c2-5(3)1-4/h1H,(H,2,3). The molecule has 0 aliphatic carbocycles. The molecule has 0 aliphatic heterocycles. The minimum Gasteiger partial charge on any atom is -0.302 e. The maximum absolute atomic E-state index is 9.32. The lowest BCUT2D eigenvalue weighted by atomic mass is 11.9. The van der Waals surface area contributed by atoms with Crippen LogP contribution in [0.25, 0.3) is 0 Å². The molecular formula is CH2O2S2. The Labute approximate surface area is 37.5 Å². The molecule has 0 fully saturated rings. The van der Waals surface area contributed by atoms with Crippen LogP contribution in [0, 0.1) is 0 Å².